The fraction of sp³-hybridized carbons (Fsp3) is 0.706. The van der Waals surface area contributed by atoms with Crippen molar-refractivity contribution in [1.29, 1.82) is 0 Å². The van der Waals surface area contributed by atoms with Crippen LogP contribution in [-0.2, 0) is 0 Å². The highest BCUT2D eigenvalue weighted by Crippen LogP contribution is 2.35. The molecular weight excluding hydrogens is 306 g/mol. The van der Waals surface area contributed by atoms with Crippen LogP contribution in [0.2, 0.25) is 0 Å². The zero-order chi connectivity index (χ0) is 17.1. The predicted octanol–water partition coefficient (Wildman–Crippen LogP) is 1.89. The number of primary amides is 1. The average Bonchev–Trinajstić information content (AvgIpc) is 3.39. The summed E-state index contributed by atoms with van der Waals surface area (Å²) in [4.78, 5) is 20.4. The lowest BCUT2D eigenvalue weighted by atomic mass is 9.93. The minimum atomic E-state index is -0.518. The first-order valence-electron chi connectivity index (χ1n) is 8.94. The van der Waals surface area contributed by atoms with E-state index >= 15 is 0 Å². The van der Waals surface area contributed by atoms with Crippen molar-refractivity contribution in [1.82, 2.24) is 9.97 Å². The Hall–Kier alpha value is -1.89. The summed E-state index contributed by atoms with van der Waals surface area (Å²) in [5, 5.41) is 16.3. The van der Waals surface area contributed by atoms with Gasteiger partial charge in [0.1, 0.15) is 5.82 Å². The van der Waals surface area contributed by atoms with E-state index in [9.17, 15) is 9.90 Å². The summed E-state index contributed by atoms with van der Waals surface area (Å²) in [7, 11) is 0. The first kappa shape index (κ1) is 17.0. The number of amides is 1. The molecule has 0 radical (unpaired) electrons. The van der Waals surface area contributed by atoms with Crippen molar-refractivity contribution < 1.29 is 9.90 Å². The predicted molar refractivity (Wildman–Crippen MR) is 92.9 cm³/mol. The summed E-state index contributed by atoms with van der Waals surface area (Å²) in [5.41, 5.74) is 5.80. The maximum atomic E-state index is 11.7. The molecule has 7 heteroatoms. The maximum Gasteiger partial charge on any atom is 0.254 e. The number of aromatic nitrogens is 2. The number of aliphatic hydroxyl groups excluding tert-OH is 1. The molecule has 2 aliphatic rings. The quantitative estimate of drug-likeness (QED) is 0.606. The van der Waals surface area contributed by atoms with Crippen LogP contribution in [0.1, 0.15) is 62.2 Å². The van der Waals surface area contributed by atoms with E-state index in [2.05, 4.69) is 27.5 Å². The summed E-state index contributed by atoms with van der Waals surface area (Å²) >= 11 is 0. The van der Waals surface area contributed by atoms with Crippen molar-refractivity contribution >= 4 is 17.7 Å². The van der Waals surface area contributed by atoms with Crippen molar-refractivity contribution in [3.63, 3.8) is 0 Å². The molecular formula is C17H27N5O2. The van der Waals surface area contributed by atoms with E-state index in [-0.39, 0.29) is 12.1 Å². The molecule has 132 valence electrons. The topological polar surface area (TPSA) is 113 Å². The Balaban J connectivity index is 1.73. The van der Waals surface area contributed by atoms with Crippen molar-refractivity contribution in [2.45, 2.75) is 70.1 Å². The second-order valence-corrected chi connectivity index (χ2v) is 6.97. The van der Waals surface area contributed by atoms with E-state index in [1.165, 1.54) is 19.0 Å². The van der Waals surface area contributed by atoms with Gasteiger partial charge in [0, 0.05) is 18.3 Å². The molecule has 7 nitrogen and oxygen atoms in total. The Bertz CT molecular complexity index is 582. The molecule has 1 amide bonds. The molecule has 0 bridgehead atoms. The van der Waals surface area contributed by atoms with Gasteiger partial charge in [0.05, 0.1) is 11.7 Å². The number of nitrogens with two attached hydrogens (primary N) is 1. The van der Waals surface area contributed by atoms with Crippen LogP contribution in [0.5, 0.6) is 0 Å². The number of hydrogen-bond acceptors (Lipinski definition) is 6. The molecule has 1 heterocycles. The third kappa shape index (κ3) is 4.14. The molecule has 1 aromatic rings. The summed E-state index contributed by atoms with van der Waals surface area (Å²) in [5.74, 6) is 1.17. The first-order chi connectivity index (χ1) is 11.6. The zero-order valence-corrected chi connectivity index (χ0v) is 14.2. The van der Waals surface area contributed by atoms with Crippen molar-refractivity contribution in [2.75, 3.05) is 10.6 Å². The number of nitrogens with one attached hydrogen (secondary N) is 2. The van der Waals surface area contributed by atoms with Crippen LogP contribution >= 0.6 is 0 Å². The maximum absolute atomic E-state index is 11.7. The van der Waals surface area contributed by atoms with Gasteiger partial charge in [-0.1, -0.05) is 6.92 Å². The van der Waals surface area contributed by atoms with Crippen LogP contribution in [0, 0.1) is 5.92 Å². The van der Waals surface area contributed by atoms with Gasteiger partial charge in [-0.25, -0.2) is 4.98 Å². The van der Waals surface area contributed by atoms with E-state index in [1.807, 2.05) is 0 Å². The van der Waals surface area contributed by atoms with Crippen LogP contribution in [-0.4, -0.2) is 39.2 Å². The van der Waals surface area contributed by atoms with Crippen LogP contribution < -0.4 is 16.4 Å². The minimum Gasteiger partial charge on any atom is -0.393 e. The van der Waals surface area contributed by atoms with Gasteiger partial charge in [-0.05, 0) is 50.9 Å². The number of rotatable bonds is 7. The van der Waals surface area contributed by atoms with Gasteiger partial charge >= 0.3 is 0 Å². The number of carbonyl (C=O) groups excluding carboxylic acids is 1. The third-order valence-electron chi connectivity index (χ3n) is 5.04. The Morgan fingerprint density at radius 1 is 1.33 bits per heavy atom. The van der Waals surface area contributed by atoms with Crippen LogP contribution in [0.25, 0.3) is 0 Å². The number of carbonyl (C=O) groups is 1. The highest BCUT2D eigenvalue weighted by molar-refractivity contribution is 5.97. The fourth-order valence-corrected chi connectivity index (χ4v) is 3.37. The van der Waals surface area contributed by atoms with Gasteiger partial charge in [0.2, 0.25) is 5.95 Å². The van der Waals surface area contributed by atoms with E-state index in [0.717, 1.165) is 32.1 Å². The van der Waals surface area contributed by atoms with Gasteiger partial charge in [-0.3, -0.25) is 4.79 Å². The standard InChI is InChI=1S/C17H27N5O2/c1-2-14(10-3-4-10)21-16-13(15(18)24)9-19-17(22-16)20-11-5-7-12(23)8-6-11/h9-12,14,23H,2-8H2,1H3,(H2,18,24)(H2,19,20,21,22)/t11-,12-,14-/m1/s1. The molecule has 2 saturated carbocycles. The van der Waals surface area contributed by atoms with E-state index < -0.39 is 5.91 Å². The Morgan fingerprint density at radius 2 is 2.04 bits per heavy atom. The van der Waals surface area contributed by atoms with Crippen molar-refractivity contribution in [3.05, 3.63) is 11.8 Å². The summed E-state index contributed by atoms with van der Waals surface area (Å²) in [6.45, 7) is 2.13. The van der Waals surface area contributed by atoms with E-state index in [0.29, 0.717) is 29.3 Å². The van der Waals surface area contributed by atoms with Crippen molar-refractivity contribution in [2.24, 2.45) is 11.7 Å². The molecule has 2 aliphatic carbocycles. The van der Waals surface area contributed by atoms with Crippen LogP contribution in [0.3, 0.4) is 0 Å². The smallest absolute Gasteiger partial charge is 0.254 e. The second kappa shape index (κ2) is 7.34. The summed E-state index contributed by atoms with van der Waals surface area (Å²) in [6.07, 6.45) is 8.10. The van der Waals surface area contributed by atoms with Gasteiger partial charge in [-0.2, -0.15) is 4.98 Å². The number of aliphatic hydroxyl groups is 1. The molecule has 24 heavy (non-hydrogen) atoms. The summed E-state index contributed by atoms with van der Waals surface area (Å²) < 4.78 is 0. The average molecular weight is 333 g/mol. The molecule has 3 rings (SSSR count). The van der Waals surface area contributed by atoms with Gasteiger partial charge in [-0.15, -0.1) is 0 Å². The van der Waals surface area contributed by atoms with Crippen molar-refractivity contribution in [3.8, 4) is 0 Å². The highest BCUT2D eigenvalue weighted by Gasteiger charge is 2.31. The molecule has 1 atom stereocenters. The molecule has 0 saturated heterocycles. The lowest BCUT2D eigenvalue weighted by Gasteiger charge is -2.26. The van der Waals surface area contributed by atoms with Gasteiger partial charge < -0.3 is 21.5 Å². The third-order valence-corrected chi connectivity index (χ3v) is 5.04. The largest absolute Gasteiger partial charge is 0.393 e. The SMILES string of the molecule is CC[C@@H](Nc1nc(N[C@H]2CC[C@H](O)CC2)ncc1C(N)=O)C1CC1. The normalized spacial score (nSPS) is 25.1. The highest BCUT2D eigenvalue weighted by atomic mass is 16.3. The van der Waals surface area contributed by atoms with E-state index in [1.54, 1.807) is 0 Å². The number of hydrogen-bond donors (Lipinski definition) is 4. The van der Waals surface area contributed by atoms with Crippen LogP contribution in [0.15, 0.2) is 6.20 Å². The number of anilines is 2. The monoisotopic (exact) mass is 333 g/mol. The second-order valence-electron chi connectivity index (χ2n) is 6.97. The van der Waals surface area contributed by atoms with E-state index in [4.69, 9.17) is 5.73 Å². The molecule has 0 aliphatic heterocycles. The summed E-state index contributed by atoms with van der Waals surface area (Å²) in [6, 6.07) is 0.571. The Morgan fingerprint density at radius 3 is 2.62 bits per heavy atom. The van der Waals surface area contributed by atoms with Gasteiger partial charge in [0.25, 0.3) is 5.91 Å². The minimum absolute atomic E-state index is 0.192. The zero-order valence-electron chi connectivity index (χ0n) is 14.2. The Labute approximate surface area is 142 Å². The van der Waals surface area contributed by atoms with Gasteiger partial charge in [0.15, 0.2) is 0 Å². The molecule has 0 spiro atoms. The lowest BCUT2D eigenvalue weighted by Crippen LogP contribution is -2.30. The fourth-order valence-electron chi connectivity index (χ4n) is 3.37. The molecule has 0 aromatic carbocycles. The lowest BCUT2D eigenvalue weighted by molar-refractivity contribution is 0.1000. The molecule has 1 aromatic heterocycles. The van der Waals surface area contributed by atoms with Crippen LogP contribution in [0.4, 0.5) is 11.8 Å². The molecule has 0 unspecified atom stereocenters. The molecule has 2 fully saturated rings. The first-order valence-corrected chi connectivity index (χ1v) is 8.94. The Kier molecular flexibility index (Phi) is 5.18. The molecule has 5 N–H and O–H groups in total. The number of nitrogens with zero attached hydrogens (tertiary/aromatic N) is 2.